The molecule has 3 rings (SSSR count). The summed E-state index contributed by atoms with van der Waals surface area (Å²) in [5.41, 5.74) is 2.85. The number of para-hydroxylation sites is 2. The van der Waals surface area contributed by atoms with Crippen molar-refractivity contribution >= 4 is 28.8 Å². The molecule has 0 fully saturated rings. The first-order valence-corrected chi connectivity index (χ1v) is 7.19. The Morgan fingerprint density at radius 1 is 1.35 bits per heavy atom. The zero-order valence-electron chi connectivity index (χ0n) is 12.8. The number of nitrogens with one attached hydrogen (secondary N) is 1. The summed E-state index contributed by atoms with van der Waals surface area (Å²) in [6, 6.07) is 10.8. The van der Waals surface area contributed by atoms with E-state index in [1.807, 2.05) is 31.2 Å². The van der Waals surface area contributed by atoms with Gasteiger partial charge in [0, 0.05) is 0 Å². The lowest BCUT2D eigenvalue weighted by atomic mass is 10.1. The van der Waals surface area contributed by atoms with Crippen molar-refractivity contribution in [2.24, 2.45) is 0 Å². The molecule has 118 valence electrons. The Bertz CT molecular complexity index is 870. The summed E-state index contributed by atoms with van der Waals surface area (Å²) in [5, 5.41) is 12.2. The number of ether oxygens (including phenoxy) is 1. The normalized spacial score (nSPS) is 10.7. The number of fused-ring (bicyclic) bond motifs is 1. The minimum Gasteiger partial charge on any atom is -0.495 e. The number of nitrogens with zero attached hydrogens (tertiary/aromatic N) is 1. The van der Waals surface area contributed by atoms with Gasteiger partial charge in [-0.1, -0.05) is 19.1 Å². The molecule has 6 nitrogen and oxygen atoms in total. The van der Waals surface area contributed by atoms with Gasteiger partial charge in [-0.25, -0.2) is 4.79 Å². The number of hydrogen-bond acceptors (Lipinski definition) is 5. The molecule has 0 unspecified atom stereocenters. The molecule has 0 saturated heterocycles. The van der Waals surface area contributed by atoms with Crippen LogP contribution in [0.25, 0.3) is 11.1 Å². The van der Waals surface area contributed by atoms with Gasteiger partial charge in [-0.15, -0.1) is 0 Å². The molecule has 0 aliphatic carbocycles. The van der Waals surface area contributed by atoms with E-state index in [1.165, 1.54) is 6.07 Å². The number of aryl methyl sites for hydroxylation is 1. The molecule has 0 bridgehead atoms. The number of anilines is 2. The second-order valence-corrected chi connectivity index (χ2v) is 4.99. The molecule has 0 saturated carbocycles. The van der Waals surface area contributed by atoms with Gasteiger partial charge >= 0.3 is 5.97 Å². The van der Waals surface area contributed by atoms with Gasteiger partial charge in [0.25, 0.3) is 6.01 Å². The predicted molar refractivity (Wildman–Crippen MR) is 86.6 cm³/mol. The number of aromatic carboxylic acids is 1. The zero-order valence-corrected chi connectivity index (χ0v) is 12.8. The van der Waals surface area contributed by atoms with Gasteiger partial charge in [0.1, 0.15) is 11.3 Å². The lowest BCUT2D eigenvalue weighted by molar-refractivity contribution is 0.0697. The molecule has 2 aromatic carbocycles. The van der Waals surface area contributed by atoms with Gasteiger partial charge in [0.2, 0.25) is 0 Å². The van der Waals surface area contributed by atoms with E-state index in [1.54, 1.807) is 13.2 Å². The first-order chi connectivity index (χ1) is 11.1. The monoisotopic (exact) mass is 312 g/mol. The maximum atomic E-state index is 11.2. The summed E-state index contributed by atoms with van der Waals surface area (Å²) in [4.78, 5) is 15.6. The van der Waals surface area contributed by atoms with E-state index in [0.717, 1.165) is 11.3 Å². The fraction of sp³-hybridized carbons (Fsp3) is 0.176. The van der Waals surface area contributed by atoms with Crippen LogP contribution in [0.1, 0.15) is 22.8 Å². The van der Waals surface area contributed by atoms with Gasteiger partial charge < -0.3 is 19.6 Å². The Balaban J connectivity index is 2.04. The summed E-state index contributed by atoms with van der Waals surface area (Å²) in [5.74, 6) is -0.325. The van der Waals surface area contributed by atoms with Crippen LogP contribution < -0.4 is 10.1 Å². The lowest BCUT2D eigenvalue weighted by Gasteiger charge is -2.07. The SMILES string of the molecule is CCc1cc(C(=O)O)cc2oc(Nc3ccccc3OC)nc12. The minimum atomic E-state index is -0.989. The number of aromatic nitrogens is 1. The number of benzene rings is 2. The van der Waals surface area contributed by atoms with Crippen molar-refractivity contribution in [3.63, 3.8) is 0 Å². The van der Waals surface area contributed by atoms with Crippen LogP contribution in [0.15, 0.2) is 40.8 Å². The third kappa shape index (κ3) is 2.83. The van der Waals surface area contributed by atoms with Crippen molar-refractivity contribution in [3.05, 3.63) is 47.5 Å². The maximum absolute atomic E-state index is 11.2. The highest BCUT2D eigenvalue weighted by molar-refractivity contribution is 5.93. The number of carboxylic acid groups (broad SMARTS) is 1. The van der Waals surface area contributed by atoms with Crippen molar-refractivity contribution in [2.45, 2.75) is 13.3 Å². The van der Waals surface area contributed by atoms with Crippen molar-refractivity contribution in [1.29, 1.82) is 0 Å². The Hall–Kier alpha value is -3.02. The smallest absolute Gasteiger partial charge is 0.335 e. The minimum absolute atomic E-state index is 0.189. The number of methoxy groups -OCH3 is 1. The lowest BCUT2D eigenvalue weighted by Crippen LogP contribution is -1.97. The molecule has 0 aliphatic heterocycles. The van der Waals surface area contributed by atoms with Crippen LogP contribution in [0.3, 0.4) is 0 Å². The van der Waals surface area contributed by atoms with E-state index < -0.39 is 5.97 Å². The summed E-state index contributed by atoms with van der Waals surface area (Å²) >= 11 is 0. The first kappa shape index (κ1) is 14.9. The third-order valence-corrected chi connectivity index (χ3v) is 3.55. The summed E-state index contributed by atoms with van der Waals surface area (Å²) in [6.45, 7) is 1.95. The summed E-state index contributed by atoms with van der Waals surface area (Å²) < 4.78 is 10.9. The van der Waals surface area contributed by atoms with Crippen molar-refractivity contribution in [2.75, 3.05) is 12.4 Å². The van der Waals surface area contributed by atoms with Crippen LogP contribution in [-0.4, -0.2) is 23.2 Å². The van der Waals surface area contributed by atoms with E-state index in [0.29, 0.717) is 29.3 Å². The highest BCUT2D eigenvalue weighted by Gasteiger charge is 2.15. The molecule has 2 N–H and O–H groups in total. The van der Waals surface area contributed by atoms with Crippen LogP contribution in [-0.2, 0) is 6.42 Å². The van der Waals surface area contributed by atoms with Crippen LogP contribution >= 0.6 is 0 Å². The molecule has 0 spiro atoms. The zero-order chi connectivity index (χ0) is 16.4. The number of rotatable bonds is 5. The van der Waals surface area contributed by atoms with E-state index in [9.17, 15) is 9.90 Å². The van der Waals surface area contributed by atoms with E-state index in [-0.39, 0.29) is 5.56 Å². The summed E-state index contributed by atoms with van der Waals surface area (Å²) in [6.07, 6.45) is 0.665. The van der Waals surface area contributed by atoms with Crippen LogP contribution in [0.4, 0.5) is 11.7 Å². The quantitative estimate of drug-likeness (QED) is 0.744. The number of carbonyl (C=O) groups is 1. The third-order valence-electron chi connectivity index (χ3n) is 3.55. The molecule has 1 aromatic heterocycles. The molecule has 3 aromatic rings. The van der Waals surface area contributed by atoms with Gasteiger partial charge in [-0.2, -0.15) is 4.98 Å². The molecular weight excluding hydrogens is 296 g/mol. The maximum Gasteiger partial charge on any atom is 0.335 e. The van der Waals surface area contributed by atoms with Gasteiger partial charge in [-0.05, 0) is 36.2 Å². The van der Waals surface area contributed by atoms with E-state index in [4.69, 9.17) is 9.15 Å². The Kier molecular flexibility index (Phi) is 3.89. The van der Waals surface area contributed by atoms with Crippen molar-refractivity contribution < 1.29 is 19.1 Å². The Morgan fingerprint density at radius 2 is 2.13 bits per heavy atom. The standard InChI is InChI=1S/C17H16N2O4/c1-3-10-8-11(16(20)21)9-14-15(10)19-17(23-14)18-12-6-4-5-7-13(12)22-2/h4-9H,3H2,1-2H3,(H,18,19)(H,20,21). The number of hydrogen-bond donors (Lipinski definition) is 2. The molecular formula is C17H16N2O4. The number of carboxylic acids is 1. The summed E-state index contributed by atoms with van der Waals surface area (Å²) in [7, 11) is 1.58. The highest BCUT2D eigenvalue weighted by Crippen LogP contribution is 2.30. The highest BCUT2D eigenvalue weighted by atomic mass is 16.5. The van der Waals surface area contributed by atoms with Crippen LogP contribution in [0.2, 0.25) is 0 Å². The predicted octanol–water partition coefficient (Wildman–Crippen LogP) is 3.84. The van der Waals surface area contributed by atoms with Crippen LogP contribution in [0.5, 0.6) is 5.75 Å². The largest absolute Gasteiger partial charge is 0.495 e. The van der Waals surface area contributed by atoms with Gasteiger partial charge in [-0.3, -0.25) is 0 Å². The second kappa shape index (κ2) is 6.00. The second-order valence-electron chi connectivity index (χ2n) is 4.99. The molecule has 0 atom stereocenters. The average molecular weight is 312 g/mol. The molecule has 6 heteroatoms. The fourth-order valence-corrected chi connectivity index (χ4v) is 2.41. The van der Waals surface area contributed by atoms with Gasteiger partial charge in [0.15, 0.2) is 5.58 Å². The average Bonchev–Trinajstić information content (AvgIpc) is 2.96. The van der Waals surface area contributed by atoms with Crippen molar-refractivity contribution in [3.8, 4) is 5.75 Å². The van der Waals surface area contributed by atoms with Gasteiger partial charge in [0.05, 0.1) is 18.4 Å². The molecule has 0 radical (unpaired) electrons. The molecule has 0 amide bonds. The first-order valence-electron chi connectivity index (χ1n) is 7.19. The van der Waals surface area contributed by atoms with Crippen molar-refractivity contribution in [1.82, 2.24) is 4.98 Å². The molecule has 23 heavy (non-hydrogen) atoms. The van der Waals surface area contributed by atoms with E-state index >= 15 is 0 Å². The van der Waals surface area contributed by atoms with E-state index in [2.05, 4.69) is 10.3 Å². The molecule has 0 aliphatic rings. The molecule has 1 heterocycles. The number of oxazole rings is 1. The topological polar surface area (TPSA) is 84.6 Å². The van der Waals surface area contributed by atoms with Crippen LogP contribution in [0, 0.1) is 0 Å². The Labute approximate surface area is 132 Å². The Morgan fingerprint density at radius 3 is 2.83 bits per heavy atom. The fourth-order valence-electron chi connectivity index (χ4n) is 2.41.